The summed E-state index contributed by atoms with van der Waals surface area (Å²) < 4.78 is 0. The quantitative estimate of drug-likeness (QED) is 0.254. The first kappa shape index (κ1) is 22.6. The van der Waals surface area contributed by atoms with Gasteiger partial charge in [-0.1, -0.05) is 19.1 Å². The minimum atomic E-state index is -1.66. The lowest BCUT2D eigenvalue weighted by molar-refractivity contribution is 0.0154. The first-order chi connectivity index (χ1) is 16.5. The number of carbonyl (C=O) groups is 3. The summed E-state index contributed by atoms with van der Waals surface area (Å²) in [6.07, 6.45) is -2.89. The van der Waals surface area contributed by atoms with E-state index in [2.05, 4.69) is 0 Å². The van der Waals surface area contributed by atoms with Crippen LogP contribution in [-0.4, -0.2) is 48.2 Å². The van der Waals surface area contributed by atoms with Gasteiger partial charge in [-0.25, -0.2) is 4.79 Å². The van der Waals surface area contributed by atoms with E-state index in [4.69, 9.17) is 0 Å². The second kappa shape index (κ2) is 7.39. The fourth-order valence-electron chi connectivity index (χ4n) is 5.13. The van der Waals surface area contributed by atoms with E-state index in [1.807, 2.05) is 0 Å². The average molecular weight is 476 g/mol. The first-order valence-electron chi connectivity index (χ1n) is 10.8. The molecule has 0 unspecified atom stereocenters. The summed E-state index contributed by atoms with van der Waals surface area (Å²) in [7, 11) is 0. The zero-order valence-electron chi connectivity index (χ0n) is 18.6. The highest BCUT2D eigenvalue weighted by Crippen LogP contribution is 2.55. The Balaban J connectivity index is 1.87. The number of aliphatic hydroxyl groups is 2. The van der Waals surface area contributed by atoms with Gasteiger partial charge in [-0.05, 0) is 47.7 Å². The van der Waals surface area contributed by atoms with Crippen molar-refractivity contribution >= 4 is 17.5 Å². The van der Waals surface area contributed by atoms with E-state index in [0.29, 0.717) is 12.0 Å². The molecular formula is C26H20O9. The van der Waals surface area contributed by atoms with Crippen LogP contribution in [0.25, 0.3) is 11.1 Å². The molecular weight excluding hydrogens is 456 g/mol. The number of aromatic hydroxyl groups is 3. The molecule has 2 atom stereocenters. The zero-order chi connectivity index (χ0) is 25.5. The Hall–Kier alpha value is -4.21. The van der Waals surface area contributed by atoms with Crippen molar-refractivity contribution in [2.75, 3.05) is 0 Å². The maximum atomic E-state index is 13.4. The summed E-state index contributed by atoms with van der Waals surface area (Å²) in [6, 6.07) is 5.29. The van der Waals surface area contributed by atoms with Crippen LogP contribution in [-0.2, 0) is 6.42 Å². The Labute approximate surface area is 198 Å². The lowest BCUT2D eigenvalue weighted by Crippen LogP contribution is -2.25. The number of ketones is 2. The van der Waals surface area contributed by atoms with Crippen molar-refractivity contribution in [3.05, 3.63) is 74.3 Å². The van der Waals surface area contributed by atoms with E-state index >= 15 is 0 Å². The van der Waals surface area contributed by atoms with Gasteiger partial charge < -0.3 is 30.6 Å². The molecule has 0 bridgehead atoms. The van der Waals surface area contributed by atoms with Crippen LogP contribution in [0.2, 0.25) is 0 Å². The topological polar surface area (TPSA) is 173 Å². The van der Waals surface area contributed by atoms with Crippen LogP contribution in [0.5, 0.6) is 17.2 Å². The SMILES string of the molecule is CCc1ccc2c(c1O)C(=O)c1cc3c(c(O)c1C2=O)-c1c(cc(C)c(C(=O)O)c1O)[C@H](O)[C@@H]3O. The lowest BCUT2D eigenvalue weighted by Gasteiger charge is -2.33. The van der Waals surface area contributed by atoms with Gasteiger partial charge in [0.25, 0.3) is 0 Å². The number of carboxylic acids is 1. The van der Waals surface area contributed by atoms with Gasteiger partial charge in [0.15, 0.2) is 11.6 Å². The number of aromatic carboxylic acids is 1. The number of benzene rings is 3. The number of aliphatic hydroxyl groups excluding tert-OH is 2. The van der Waals surface area contributed by atoms with Crippen LogP contribution in [0.3, 0.4) is 0 Å². The maximum Gasteiger partial charge on any atom is 0.339 e. The molecule has 35 heavy (non-hydrogen) atoms. The normalized spacial score (nSPS) is 17.9. The van der Waals surface area contributed by atoms with Gasteiger partial charge in [-0.2, -0.15) is 0 Å². The predicted octanol–water partition coefficient (Wildman–Crippen LogP) is 2.90. The average Bonchev–Trinajstić information content (AvgIpc) is 2.80. The molecule has 0 saturated heterocycles. The Kier molecular flexibility index (Phi) is 4.77. The van der Waals surface area contributed by atoms with Gasteiger partial charge in [0.05, 0.1) is 11.1 Å². The molecule has 0 fully saturated rings. The molecule has 0 amide bonds. The van der Waals surface area contributed by atoms with Gasteiger partial charge >= 0.3 is 5.97 Å². The van der Waals surface area contributed by atoms with E-state index in [1.165, 1.54) is 25.1 Å². The molecule has 9 nitrogen and oxygen atoms in total. The van der Waals surface area contributed by atoms with Crippen molar-refractivity contribution in [2.45, 2.75) is 32.5 Å². The largest absolute Gasteiger partial charge is 0.507 e. The molecule has 178 valence electrons. The van der Waals surface area contributed by atoms with Gasteiger partial charge in [0, 0.05) is 22.3 Å². The van der Waals surface area contributed by atoms with Crippen LogP contribution in [0.4, 0.5) is 0 Å². The number of rotatable bonds is 2. The summed E-state index contributed by atoms with van der Waals surface area (Å²) in [5, 5.41) is 63.9. The van der Waals surface area contributed by atoms with E-state index in [0.717, 1.165) is 6.07 Å². The smallest absolute Gasteiger partial charge is 0.339 e. The van der Waals surface area contributed by atoms with Crippen molar-refractivity contribution in [3.8, 4) is 28.4 Å². The highest BCUT2D eigenvalue weighted by molar-refractivity contribution is 6.31. The number of phenols is 3. The van der Waals surface area contributed by atoms with Crippen LogP contribution in [0, 0.1) is 6.92 Å². The first-order valence-corrected chi connectivity index (χ1v) is 10.8. The number of fused-ring (bicyclic) bond motifs is 5. The molecule has 0 saturated carbocycles. The Morgan fingerprint density at radius 1 is 0.800 bits per heavy atom. The summed E-state index contributed by atoms with van der Waals surface area (Å²) >= 11 is 0. The third-order valence-corrected chi connectivity index (χ3v) is 6.85. The number of hydrogen-bond acceptors (Lipinski definition) is 8. The summed E-state index contributed by atoms with van der Waals surface area (Å²) in [4.78, 5) is 38.5. The molecule has 6 N–H and O–H groups in total. The van der Waals surface area contributed by atoms with Crippen molar-refractivity contribution < 1.29 is 45.0 Å². The Bertz CT molecular complexity index is 1520. The third kappa shape index (κ3) is 2.79. The maximum absolute atomic E-state index is 13.4. The van der Waals surface area contributed by atoms with E-state index in [-0.39, 0.29) is 50.3 Å². The number of aryl methyl sites for hydroxylation is 2. The van der Waals surface area contributed by atoms with E-state index < -0.39 is 52.4 Å². The fourth-order valence-corrected chi connectivity index (χ4v) is 5.13. The summed E-state index contributed by atoms with van der Waals surface area (Å²) in [5.41, 5.74) is -1.68. The number of phenolic OH excluding ortho intramolecular Hbond substituents is 2. The highest BCUT2D eigenvalue weighted by atomic mass is 16.4. The van der Waals surface area contributed by atoms with Crippen LogP contribution < -0.4 is 0 Å². The summed E-state index contributed by atoms with van der Waals surface area (Å²) in [6.45, 7) is 3.17. The third-order valence-electron chi connectivity index (χ3n) is 6.85. The molecule has 5 rings (SSSR count). The monoisotopic (exact) mass is 476 g/mol. The van der Waals surface area contributed by atoms with E-state index in [9.17, 15) is 45.0 Å². The molecule has 0 radical (unpaired) electrons. The lowest BCUT2D eigenvalue weighted by atomic mass is 9.74. The molecule has 0 heterocycles. The Morgan fingerprint density at radius 2 is 1.34 bits per heavy atom. The minimum absolute atomic E-state index is 0.0412. The number of carboxylic acid groups (broad SMARTS) is 1. The number of carbonyl (C=O) groups excluding carboxylic acids is 2. The standard InChI is InChI=1S/C26H20O9/c1-3-9-4-5-10-17(19(9)27)21(29)13-7-12-16(25(33)18(13)20(10)28)15-11(22(30)23(12)31)6-8(2)14(24(15)32)26(34)35/h4-7,22-23,27,30-33H,3H2,1-2H3,(H,34,35)/t22-,23+/m0/s1. The second-order valence-electron chi connectivity index (χ2n) is 8.70. The van der Waals surface area contributed by atoms with Gasteiger partial charge in [-0.15, -0.1) is 0 Å². The Morgan fingerprint density at radius 3 is 1.94 bits per heavy atom. The molecule has 3 aromatic carbocycles. The molecule has 0 spiro atoms. The van der Waals surface area contributed by atoms with E-state index in [1.54, 1.807) is 6.92 Å². The molecule has 0 aliphatic heterocycles. The summed E-state index contributed by atoms with van der Waals surface area (Å²) in [5.74, 6) is -4.83. The van der Waals surface area contributed by atoms with Crippen LogP contribution >= 0.6 is 0 Å². The predicted molar refractivity (Wildman–Crippen MR) is 121 cm³/mol. The molecule has 0 aromatic heterocycles. The molecule has 2 aliphatic rings. The van der Waals surface area contributed by atoms with Crippen molar-refractivity contribution in [2.24, 2.45) is 0 Å². The molecule has 9 heteroatoms. The second-order valence-corrected chi connectivity index (χ2v) is 8.70. The number of hydrogen-bond donors (Lipinski definition) is 6. The van der Waals surface area contributed by atoms with Gasteiger partial charge in [-0.3, -0.25) is 9.59 Å². The van der Waals surface area contributed by atoms with Crippen molar-refractivity contribution in [3.63, 3.8) is 0 Å². The minimum Gasteiger partial charge on any atom is -0.507 e. The zero-order valence-corrected chi connectivity index (χ0v) is 18.6. The van der Waals surface area contributed by atoms with Gasteiger partial charge in [0.2, 0.25) is 0 Å². The highest BCUT2D eigenvalue weighted by Gasteiger charge is 2.42. The van der Waals surface area contributed by atoms with Gasteiger partial charge in [0.1, 0.15) is 35.0 Å². The molecule has 2 aliphatic carbocycles. The fraction of sp³-hybridized carbons (Fsp3) is 0.192. The van der Waals surface area contributed by atoms with Crippen LogP contribution in [0.15, 0.2) is 24.3 Å². The van der Waals surface area contributed by atoms with Crippen LogP contribution in [0.1, 0.15) is 83.6 Å². The molecule has 3 aromatic rings. The van der Waals surface area contributed by atoms with Crippen molar-refractivity contribution in [1.82, 2.24) is 0 Å². The van der Waals surface area contributed by atoms with Crippen molar-refractivity contribution in [1.29, 1.82) is 0 Å².